The molecule has 0 aliphatic rings. The second-order valence-electron chi connectivity index (χ2n) is 1.34. The summed E-state index contributed by atoms with van der Waals surface area (Å²) in [5, 5.41) is 4.97. The second-order valence-corrected chi connectivity index (χ2v) is 2.02. The van der Waals surface area contributed by atoms with Crippen LogP contribution in [0, 0.1) is 11.4 Å². The van der Waals surface area contributed by atoms with Crippen LogP contribution in [-0.2, 0) is 6.42 Å². The smallest absolute Gasteiger partial charge is 0.0135 e. The van der Waals surface area contributed by atoms with Crippen LogP contribution in [0.4, 0.5) is 0 Å². The molecule has 1 heteroatoms. The van der Waals surface area contributed by atoms with Crippen LogP contribution in [0.5, 0.6) is 0 Å². The second kappa shape index (κ2) is 1.99. The molecule has 0 amide bonds. The maximum atomic E-state index is 2.98. The molecule has 0 N–H and O–H groups in total. The van der Waals surface area contributed by atoms with Gasteiger partial charge in [-0.25, -0.2) is 0 Å². The fourth-order valence-electron chi connectivity index (χ4n) is 0.397. The van der Waals surface area contributed by atoms with E-state index >= 15 is 0 Å². The van der Waals surface area contributed by atoms with Crippen LogP contribution in [0.1, 0.15) is 12.5 Å². The van der Waals surface area contributed by atoms with Gasteiger partial charge in [0.05, 0.1) is 0 Å². The van der Waals surface area contributed by atoms with Gasteiger partial charge < -0.3 is 0 Å². The van der Waals surface area contributed by atoms with Crippen LogP contribution in [0.15, 0.2) is 5.38 Å². The highest BCUT2D eigenvalue weighted by molar-refractivity contribution is 7.06. The molecule has 0 unspecified atom stereocenters. The van der Waals surface area contributed by atoms with Gasteiger partial charge in [-0.1, -0.05) is 24.3 Å². The Morgan fingerprint density at radius 3 is 3.00 bits per heavy atom. The van der Waals surface area contributed by atoms with Crippen LogP contribution in [0.25, 0.3) is 0 Å². The zero-order valence-electron chi connectivity index (χ0n) is 4.19. The van der Waals surface area contributed by atoms with E-state index in [0.29, 0.717) is 0 Å². The molecule has 0 aliphatic carbocycles. The molecule has 1 aromatic heterocycles. The third-order valence-corrected chi connectivity index (χ3v) is 1.47. The molecule has 1 aromatic rings. The molecule has 0 radical (unpaired) electrons. The maximum Gasteiger partial charge on any atom is 0.0135 e. The summed E-state index contributed by atoms with van der Waals surface area (Å²) in [6, 6.07) is 2.98. The Morgan fingerprint density at radius 2 is 2.71 bits per heavy atom. The Morgan fingerprint density at radius 1 is 1.86 bits per heavy atom. The summed E-state index contributed by atoms with van der Waals surface area (Å²) < 4.78 is 0. The molecule has 0 bridgehead atoms. The Labute approximate surface area is 47.8 Å². The van der Waals surface area contributed by atoms with Gasteiger partial charge in [0, 0.05) is 10.9 Å². The molecule has 0 spiro atoms. The van der Waals surface area contributed by atoms with Crippen molar-refractivity contribution in [3.8, 4) is 0 Å². The molecule has 0 aromatic carbocycles. The number of aryl methyl sites for hydroxylation is 1. The van der Waals surface area contributed by atoms with Crippen molar-refractivity contribution in [1.82, 2.24) is 0 Å². The lowest BCUT2D eigenvalue weighted by molar-refractivity contribution is 1.16. The van der Waals surface area contributed by atoms with Gasteiger partial charge in [0.1, 0.15) is 0 Å². The van der Waals surface area contributed by atoms with Gasteiger partial charge in [-0.05, 0) is 11.8 Å². The van der Waals surface area contributed by atoms with Crippen molar-refractivity contribution in [2.75, 3.05) is 0 Å². The molecule has 36 valence electrons. The summed E-state index contributed by atoms with van der Waals surface area (Å²) in [7, 11) is 0. The van der Waals surface area contributed by atoms with Gasteiger partial charge in [-0.2, -0.15) is 0 Å². The fourth-order valence-corrected chi connectivity index (χ4v) is 1.01. The molecule has 0 saturated carbocycles. The lowest BCUT2D eigenvalue weighted by atomic mass is 10.3. The zero-order valence-corrected chi connectivity index (χ0v) is 5.01. The monoisotopic (exact) mass is 110 g/mol. The van der Waals surface area contributed by atoms with Crippen LogP contribution in [-0.4, -0.2) is 0 Å². The predicted octanol–water partition coefficient (Wildman–Crippen LogP) is 1.91. The quantitative estimate of drug-likeness (QED) is 0.518. The third-order valence-electron chi connectivity index (χ3n) is 0.853. The van der Waals surface area contributed by atoms with Crippen LogP contribution in [0.3, 0.4) is 0 Å². The average molecular weight is 110 g/mol. The van der Waals surface area contributed by atoms with E-state index in [4.69, 9.17) is 0 Å². The first-order chi connectivity index (χ1) is 3.43. The molecular weight excluding hydrogens is 104 g/mol. The number of rotatable bonds is 1. The Kier molecular flexibility index (Phi) is 1.33. The first-order valence-electron chi connectivity index (χ1n) is 2.29. The SMILES string of the molecule is CCc1c#csc1. The summed E-state index contributed by atoms with van der Waals surface area (Å²) >= 11 is 1.58. The van der Waals surface area contributed by atoms with Gasteiger partial charge in [-0.15, -0.1) is 0 Å². The lowest BCUT2D eigenvalue weighted by Gasteiger charge is -1.75. The minimum absolute atomic E-state index is 1.08. The third kappa shape index (κ3) is 0.942. The largest absolute Gasteiger partial charge is 0.0915 e. The molecule has 0 aliphatic heterocycles. The summed E-state index contributed by atoms with van der Waals surface area (Å²) in [4.78, 5) is 0. The number of hydrogen-bond acceptors (Lipinski definition) is 1. The molecule has 0 atom stereocenters. The Balaban J connectivity index is 2.76. The average Bonchev–Trinajstić information content (AvgIpc) is 2.14. The van der Waals surface area contributed by atoms with Crippen molar-refractivity contribution < 1.29 is 0 Å². The van der Waals surface area contributed by atoms with Crippen LogP contribution in [0.2, 0.25) is 0 Å². The van der Waals surface area contributed by atoms with Crippen molar-refractivity contribution >= 4 is 11.3 Å². The molecule has 1 heterocycles. The predicted molar refractivity (Wildman–Crippen MR) is 31.4 cm³/mol. The molecule has 0 saturated heterocycles. The van der Waals surface area contributed by atoms with E-state index in [1.54, 1.807) is 11.3 Å². The molecule has 1 rings (SSSR count). The maximum absolute atomic E-state index is 2.98. The van der Waals surface area contributed by atoms with Crippen molar-refractivity contribution in [3.05, 3.63) is 22.4 Å². The minimum atomic E-state index is 1.08. The van der Waals surface area contributed by atoms with Gasteiger partial charge in [0.15, 0.2) is 0 Å². The first kappa shape index (κ1) is 4.67. The van der Waals surface area contributed by atoms with Crippen LogP contribution < -0.4 is 0 Å². The standard InChI is InChI=1S/C6H6S/c1-2-6-3-4-7-5-6/h5H,2H2,1H3. The molecular formula is C6H6S. The van der Waals surface area contributed by atoms with Crippen LogP contribution >= 0.6 is 11.3 Å². The fraction of sp³-hybridized carbons (Fsp3) is 0.333. The van der Waals surface area contributed by atoms with Crippen molar-refractivity contribution in [3.63, 3.8) is 0 Å². The van der Waals surface area contributed by atoms with E-state index in [1.165, 1.54) is 5.56 Å². The lowest BCUT2D eigenvalue weighted by Crippen LogP contribution is -1.65. The Bertz CT molecular complexity index is 119. The molecule has 7 heavy (non-hydrogen) atoms. The highest BCUT2D eigenvalue weighted by atomic mass is 32.1. The topological polar surface area (TPSA) is 0 Å². The van der Waals surface area contributed by atoms with Crippen molar-refractivity contribution in [2.24, 2.45) is 0 Å². The van der Waals surface area contributed by atoms with E-state index in [1.807, 2.05) is 0 Å². The van der Waals surface area contributed by atoms with E-state index in [2.05, 4.69) is 23.8 Å². The van der Waals surface area contributed by atoms with Gasteiger partial charge in [0.2, 0.25) is 0 Å². The Hall–Kier alpha value is -0.480. The highest BCUT2D eigenvalue weighted by Gasteiger charge is 1.80. The summed E-state index contributed by atoms with van der Waals surface area (Å²) in [5.41, 5.74) is 1.27. The highest BCUT2D eigenvalue weighted by Crippen LogP contribution is 1.97. The van der Waals surface area contributed by atoms with Gasteiger partial charge in [-0.3, -0.25) is 0 Å². The molecule has 0 nitrogen and oxygen atoms in total. The summed E-state index contributed by atoms with van der Waals surface area (Å²) in [6.45, 7) is 2.12. The molecule has 0 fully saturated rings. The normalized spacial score (nSPS) is 8.14. The van der Waals surface area contributed by atoms with Gasteiger partial charge in [0.25, 0.3) is 0 Å². The summed E-state index contributed by atoms with van der Waals surface area (Å²) in [6.07, 6.45) is 1.08. The van der Waals surface area contributed by atoms with E-state index < -0.39 is 0 Å². The zero-order chi connectivity index (χ0) is 5.11. The van der Waals surface area contributed by atoms with Gasteiger partial charge >= 0.3 is 0 Å². The minimum Gasteiger partial charge on any atom is -0.0915 e. The van der Waals surface area contributed by atoms with Crippen molar-refractivity contribution in [2.45, 2.75) is 13.3 Å². The van der Waals surface area contributed by atoms with Crippen molar-refractivity contribution in [1.29, 1.82) is 0 Å². The van der Waals surface area contributed by atoms with E-state index in [-0.39, 0.29) is 0 Å². The number of hydrogen-bond donors (Lipinski definition) is 0. The first-order valence-corrected chi connectivity index (χ1v) is 3.17. The summed E-state index contributed by atoms with van der Waals surface area (Å²) in [5.74, 6) is 0. The van der Waals surface area contributed by atoms with E-state index in [0.717, 1.165) is 6.42 Å². The van der Waals surface area contributed by atoms with E-state index in [9.17, 15) is 0 Å².